The third-order valence-electron chi connectivity index (χ3n) is 2.95. The van der Waals surface area contributed by atoms with Crippen molar-refractivity contribution in [1.82, 2.24) is 10.6 Å². The van der Waals surface area contributed by atoms with E-state index in [1.165, 1.54) is 0 Å². The lowest BCUT2D eigenvalue weighted by Gasteiger charge is -2.17. The molecule has 0 aromatic heterocycles. The fourth-order valence-corrected chi connectivity index (χ4v) is 1.74. The minimum Gasteiger partial charge on any atom is -0.480 e. The van der Waals surface area contributed by atoms with Gasteiger partial charge >= 0.3 is 5.97 Å². The van der Waals surface area contributed by atoms with Gasteiger partial charge in [-0.05, 0) is 26.2 Å². The second-order valence-electron chi connectivity index (χ2n) is 4.95. The molecule has 0 fully saturated rings. The van der Waals surface area contributed by atoms with Crippen LogP contribution in [-0.2, 0) is 14.4 Å². The lowest BCUT2D eigenvalue weighted by atomic mass is 10.1. The van der Waals surface area contributed by atoms with Crippen molar-refractivity contribution in [2.45, 2.75) is 44.7 Å². The fourth-order valence-electron chi connectivity index (χ4n) is 1.74. The van der Waals surface area contributed by atoms with Gasteiger partial charge in [-0.15, -0.1) is 0 Å². The minimum atomic E-state index is -1.17. The van der Waals surface area contributed by atoms with E-state index in [-0.39, 0.29) is 37.7 Å². The van der Waals surface area contributed by atoms with Crippen molar-refractivity contribution in [3.8, 4) is 0 Å². The van der Waals surface area contributed by atoms with Gasteiger partial charge in [0.1, 0.15) is 6.04 Å². The maximum Gasteiger partial charge on any atom is 0.326 e. The number of carboxylic acid groups (broad SMARTS) is 1. The van der Waals surface area contributed by atoms with Crippen LogP contribution in [0.15, 0.2) is 4.99 Å². The van der Waals surface area contributed by atoms with E-state index >= 15 is 0 Å². The third kappa shape index (κ3) is 10.1. The molecule has 10 nitrogen and oxygen atoms in total. The number of hydrogen-bond acceptors (Lipinski definition) is 5. The molecule has 2 amide bonds. The van der Waals surface area contributed by atoms with Gasteiger partial charge in [0.05, 0.1) is 6.04 Å². The van der Waals surface area contributed by atoms with Crippen molar-refractivity contribution < 1.29 is 19.5 Å². The summed E-state index contributed by atoms with van der Waals surface area (Å²) in [5.74, 6) is -2.06. The number of aliphatic imine (C=N–C) groups is 1. The van der Waals surface area contributed by atoms with E-state index in [4.69, 9.17) is 22.3 Å². The number of carboxylic acids is 1. The van der Waals surface area contributed by atoms with Gasteiger partial charge in [-0.1, -0.05) is 0 Å². The molecule has 23 heavy (non-hydrogen) atoms. The number of nitrogens with two attached hydrogens (primary N) is 3. The summed E-state index contributed by atoms with van der Waals surface area (Å²) in [7, 11) is 0. The molecule has 0 radical (unpaired) electrons. The summed E-state index contributed by atoms with van der Waals surface area (Å²) in [4.78, 5) is 38.0. The molecule has 0 saturated carbocycles. The Hall–Kier alpha value is -2.36. The summed E-state index contributed by atoms with van der Waals surface area (Å²) in [6.07, 6.45) is 0.798. The molecule has 10 heteroatoms. The van der Waals surface area contributed by atoms with Crippen LogP contribution in [0.25, 0.3) is 0 Å². The number of guanidine groups is 1. The van der Waals surface area contributed by atoms with Gasteiger partial charge in [0, 0.05) is 19.5 Å². The predicted molar refractivity (Wildman–Crippen MR) is 85.4 cm³/mol. The second kappa shape index (κ2) is 11.2. The van der Waals surface area contributed by atoms with Gasteiger partial charge in [-0.2, -0.15) is 0 Å². The highest BCUT2D eigenvalue weighted by Crippen LogP contribution is 2.01. The lowest BCUT2D eigenvalue weighted by molar-refractivity contribution is -0.142. The number of carbonyl (C=O) groups is 3. The summed E-state index contributed by atoms with van der Waals surface area (Å²) in [5.41, 5.74) is 16.0. The number of hydrogen-bond donors (Lipinski definition) is 6. The fraction of sp³-hybridized carbons (Fsp3) is 0.692. The zero-order chi connectivity index (χ0) is 17.8. The van der Waals surface area contributed by atoms with E-state index in [0.29, 0.717) is 13.0 Å². The van der Waals surface area contributed by atoms with Crippen LogP contribution in [0.3, 0.4) is 0 Å². The topological polar surface area (TPSA) is 186 Å². The van der Waals surface area contributed by atoms with Crippen LogP contribution in [0.2, 0.25) is 0 Å². The van der Waals surface area contributed by atoms with Gasteiger partial charge in [-0.3, -0.25) is 14.6 Å². The van der Waals surface area contributed by atoms with Gasteiger partial charge in [0.15, 0.2) is 5.96 Å². The predicted octanol–water partition coefficient (Wildman–Crippen LogP) is -2.15. The number of nitrogens with one attached hydrogen (secondary N) is 2. The van der Waals surface area contributed by atoms with Crippen LogP contribution >= 0.6 is 0 Å². The number of amides is 2. The van der Waals surface area contributed by atoms with Crippen molar-refractivity contribution in [1.29, 1.82) is 0 Å². The zero-order valence-corrected chi connectivity index (χ0v) is 13.2. The molecule has 9 N–H and O–H groups in total. The van der Waals surface area contributed by atoms with Gasteiger partial charge in [-0.25, -0.2) is 4.79 Å². The molecular formula is C13H26N6O4. The number of rotatable bonds is 11. The summed E-state index contributed by atoms with van der Waals surface area (Å²) in [6, 6.07) is -2.02. The van der Waals surface area contributed by atoms with Gasteiger partial charge in [0.2, 0.25) is 11.8 Å². The van der Waals surface area contributed by atoms with Crippen LogP contribution in [0.4, 0.5) is 0 Å². The lowest BCUT2D eigenvalue weighted by Crippen LogP contribution is -2.48. The molecule has 0 aromatic rings. The molecule has 0 aliphatic carbocycles. The Bertz CT molecular complexity index is 436. The monoisotopic (exact) mass is 330 g/mol. The maximum absolute atomic E-state index is 11.9. The van der Waals surface area contributed by atoms with Crippen LogP contribution in [-0.4, -0.2) is 54.0 Å². The summed E-state index contributed by atoms with van der Waals surface area (Å²) < 4.78 is 0. The number of nitrogens with zero attached hydrogens (tertiary/aromatic N) is 1. The average molecular weight is 330 g/mol. The highest BCUT2D eigenvalue weighted by Gasteiger charge is 2.23. The largest absolute Gasteiger partial charge is 0.480 e. The molecular weight excluding hydrogens is 304 g/mol. The molecule has 0 rings (SSSR count). The van der Waals surface area contributed by atoms with Crippen LogP contribution in [0, 0.1) is 0 Å². The Morgan fingerprint density at radius 2 is 1.87 bits per heavy atom. The first-order valence-electron chi connectivity index (χ1n) is 7.38. The van der Waals surface area contributed by atoms with E-state index in [0.717, 1.165) is 0 Å². The molecule has 0 aromatic carbocycles. The molecule has 0 unspecified atom stereocenters. The van der Waals surface area contributed by atoms with Crippen molar-refractivity contribution >= 4 is 23.7 Å². The first-order chi connectivity index (χ1) is 10.8. The summed E-state index contributed by atoms with van der Waals surface area (Å²) in [5, 5.41) is 14.0. The summed E-state index contributed by atoms with van der Waals surface area (Å²) in [6.45, 7) is 2.55. The van der Waals surface area contributed by atoms with Crippen molar-refractivity contribution in [3.05, 3.63) is 0 Å². The minimum absolute atomic E-state index is 0.0757. The first-order valence-corrected chi connectivity index (χ1v) is 7.38. The average Bonchev–Trinajstić information content (AvgIpc) is 2.47. The van der Waals surface area contributed by atoms with E-state index in [1.807, 2.05) is 0 Å². The third-order valence-corrected chi connectivity index (χ3v) is 2.95. The van der Waals surface area contributed by atoms with Gasteiger partial charge < -0.3 is 32.9 Å². The van der Waals surface area contributed by atoms with Crippen molar-refractivity contribution in [3.63, 3.8) is 0 Å². The summed E-state index contributed by atoms with van der Waals surface area (Å²) >= 11 is 0. The second-order valence-corrected chi connectivity index (χ2v) is 4.95. The van der Waals surface area contributed by atoms with E-state index in [1.54, 1.807) is 6.92 Å². The Morgan fingerprint density at radius 3 is 2.39 bits per heavy atom. The molecule has 0 aliphatic heterocycles. The first kappa shape index (κ1) is 20.6. The van der Waals surface area contributed by atoms with Crippen LogP contribution in [0.5, 0.6) is 0 Å². The van der Waals surface area contributed by atoms with Crippen molar-refractivity contribution in [2.75, 3.05) is 13.1 Å². The smallest absolute Gasteiger partial charge is 0.326 e. The van der Waals surface area contributed by atoms with Crippen LogP contribution in [0.1, 0.15) is 32.6 Å². The molecule has 132 valence electrons. The van der Waals surface area contributed by atoms with E-state index in [2.05, 4.69) is 15.6 Å². The molecule has 0 aliphatic rings. The SMILES string of the molecule is CCNC(=O)CC[C@H](N)C(=O)N[C@@H](CCCN=C(N)N)C(=O)O. The Labute approximate surface area is 134 Å². The van der Waals surface area contributed by atoms with Crippen molar-refractivity contribution in [2.24, 2.45) is 22.2 Å². The number of aliphatic carboxylic acids is 1. The molecule has 0 spiro atoms. The zero-order valence-electron chi connectivity index (χ0n) is 13.2. The Balaban J connectivity index is 4.29. The van der Waals surface area contributed by atoms with Crippen LogP contribution < -0.4 is 27.8 Å². The van der Waals surface area contributed by atoms with E-state index in [9.17, 15) is 14.4 Å². The quantitative estimate of drug-likeness (QED) is 0.141. The highest BCUT2D eigenvalue weighted by atomic mass is 16.4. The molecule has 0 bridgehead atoms. The Morgan fingerprint density at radius 1 is 1.22 bits per heavy atom. The Kier molecular flexibility index (Phi) is 10.1. The highest BCUT2D eigenvalue weighted by molar-refractivity contribution is 5.87. The normalized spacial score (nSPS) is 12.8. The standard InChI is InChI=1S/C13H26N6O4/c1-2-17-10(20)6-5-8(14)11(21)19-9(12(22)23)4-3-7-18-13(15)16/h8-9H,2-7,14H2,1H3,(H,17,20)(H,19,21)(H,22,23)(H4,15,16,18)/t8-,9-/m0/s1. The number of carbonyl (C=O) groups excluding carboxylic acids is 2. The molecule has 2 atom stereocenters. The maximum atomic E-state index is 11.9. The van der Waals surface area contributed by atoms with E-state index < -0.39 is 24.0 Å². The molecule has 0 heterocycles. The van der Waals surface area contributed by atoms with Gasteiger partial charge in [0.25, 0.3) is 0 Å². The molecule has 0 saturated heterocycles.